The SMILES string of the molecule is CCOc1ccc(C(=O)CCC(=O)NC[C@@H](c2ccco2)N2CCCC2)cc1. The molecule has 1 aromatic heterocycles. The van der Waals surface area contributed by atoms with Gasteiger partial charge in [-0.05, 0) is 69.3 Å². The first-order chi connectivity index (χ1) is 13.7. The molecule has 0 bridgehead atoms. The number of ether oxygens (including phenoxy) is 1. The number of likely N-dealkylation sites (tertiary alicyclic amines) is 1. The lowest BCUT2D eigenvalue weighted by Crippen LogP contribution is -2.36. The third-order valence-corrected chi connectivity index (χ3v) is 5.01. The minimum atomic E-state index is -0.116. The molecule has 6 nitrogen and oxygen atoms in total. The molecule has 1 amide bonds. The molecule has 0 spiro atoms. The second-order valence-electron chi connectivity index (χ2n) is 6.96. The van der Waals surface area contributed by atoms with Gasteiger partial charge in [-0.3, -0.25) is 14.5 Å². The molecule has 28 heavy (non-hydrogen) atoms. The van der Waals surface area contributed by atoms with Gasteiger partial charge in [0.05, 0.1) is 18.9 Å². The summed E-state index contributed by atoms with van der Waals surface area (Å²) >= 11 is 0. The number of rotatable bonds is 10. The normalized spacial score (nSPS) is 15.3. The first-order valence-electron chi connectivity index (χ1n) is 9.97. The number of hydrogen-bond donors (Lipinski definition) is 1. The van der Waals surface area contributed by atoms with E-state index in [4.69, 9.17) is 9.15 Å². The van der Waals surface area contributed by atoms with E-state index in [1.165, 1.54) is 12.8 Å². The predicted octanol–water partition coefficient (Wildman–Crippen LogP) is 3.59. The smallest absolute Gasteiger partial charge is 0.220 e. The standard InChI is InChI=1S/C22H28N2O4/c1-2-27-18-9-7-17(8-10-18)20(25)11-12-22(26)23-16-19(21-6-5-15-28-21)24-13-3-4-14-24/h5-10,15,19H,2-4,11-14,16H2,1H3,(H,23,26)/t19-/m0/s1. The van der Waals surface area contributed by atoms with Gasteiger partial charge < -0.3 is 14.5 Å². The minimum absolute atomic E-state index is 0.0414. The van der Waals surface area contributed by atoms with Crippen LogP contribution in [0.2, 0.25) is 0 Å². The van der Waals surface area contributed by atoms with Gasteiger partial charge in [0.2, 0.25) is 5.91 Å². The van der Waals surface area contributed by atoms with E-state index in [1.807, 2.05) is 19.1 Å². The molecule has 1 aromatic carbocycles. The monoisotopic (exact) mass is 384 g/mol. The predicted molar refractivity (Wildman–Crippen MR) is 106 cm³/mol. The molecule has 0 unspecified atom stereocenters. The third kappa shape index (κ3) is 5.45. The van der Waals surface area contributed by atoms with Gasteiger partial charge in [-0.1, -0.05) is 0 Å². The Morgan fingerprint density at radius 3 is 2.54 bits per heavy atom. The van der Waals surface area contributed by atoms with E-state index >= 15 is 0 Å². The van der Waals surface area contributed by atoms with Crippen molar-refractivity contribution in [2.24, 2.45) is 0 Å². The van der Waals surface area contributed by atoms with E-state index in [0.29, 0.717) is 18.7 Å². The van der Waals surface area contributed by atoms with Crippen LogP contribution < -0.4 is 10.1 Å². The number of furan rings is 1. The summed E-state index contributed by atoms with van der Waals surface area (Å²) in [5, 5.41) is 2.97. The molecule has 1 aliphatic rings. The van der Waals surface area contributed by atoms with Crippen LogP contribution >= 0.6 is 0 Å². The summed E-state index contributed by atoms with van der Waals surface area (Å²) in [5.74, 6) is 1.45. The maximum absolute atomic E-state index is 12.3. The lowest BCUT2D eigenvalue weighted by atomic mass is 10.1. The molecular weight excluding hydrogens is 356 g/mol. The van der Waals surface area contributed by atoms with E-state index in [0.717, 1.165) is 24.6 Å². The first-order valence-corrected chi connectivity index (χ1v) is 9.97. The number of carbonyl (C=O) groups is 2. The second-order valence-corrected chi connectivity index (χ2v) is 6.96. The highest BCUT2D eigenvalue weighted by Gasteiger charge is 2.25. The van der Waals surface area contributed by atoms with Crippen molar-refractivity contribution in [3.8, 4) is 5.75 Å². The highest BCUT2D eigenvalue weighted by atomic mass is 16.5. The molecule has 1 saturated heterocycles. The largest absolute Gasteiger partial charge is 0.494 e. The number of nitrogens with zero attached hydrogens (tertiary/aromatic N) is 1. The van der Waals surface area contributed by atoms with Crippen molar-refractivity contribution in [1.29, 1.82) is 0 Å². The van der Waals surface area contributed by atoms with Crippen molar-refractivity contribution in [1.82, 2.24) is 10.2 Å². The van der Waals surface area contributed by atoms with Crippen molar-refractivity contribution >= 4 is 11.7 Å². The highest BCUT2D eigenvalue weighted by molar-refractivity contribution is 5.98. The van der Waals surface area contributed by atoms with E-state index in [9.17, 15) is 9.59 Å². The van der Waals surface area contributed by atoms with Crippen molar-refractivity contribution < 1.29 is 18.7 Å². The number of ketones is 1. The number of Topliss-reactive ketones (excluding diaryl/α,β-unsaturated/α-hetero) is 1. The van der Waals surface area contributed by atoms with Crippen LogP contribution in [-0.2, 0) is 4.79 Å². The fourth-order valence-electron chi connectivity index (χ4n) is 3.52. The minimum Gasteiger partial charge on any atom is -0.494 e. The van der Waals surface area contributed by atoms with Gasteiger partial charge in [-0.15, -0.1) is 0 Å². The maximum Gasteiger partial charge on any atom is 0.220 e. The zero-order valence-corrected chi connectivity index (χ0v) is 16.4. The van der Waals surface area contributed by atoms with Crippen LogP contribution in [0.1, 0.15) is 54.8 Å². The molecular formula is C22H28N2O4. The summed E-state index contributed by atoms with van der Waals surface area (Å²) in [6.45, 7) is 5.01. The summed E-state index contributed by atoms with van der Waals surface area (Å²) < 4.78 is 10.9. The van der Waals surface area contributed by atoms with E-state index in [2.05, 4.69) is 10.2 Å². The molecule has 0 saturated carbocycles. The van der Waals surface area contributed by atoms with E-state index in [1.54, 1.807) is 30.5 Å². The average Bonchev–Trinajstić information content (AvgIpc) is 3.42. The summed E-state index contributed by atoms with van der Waals surface area (Å²) in [4.78, 5) is 26.9. The molecule has 3 rings (SSSR count). The molecule has 1 N–H and O–H groups in total. The molecule has 1 fully saturated rings. The molecule has 2 heterocycles. The number of amides is 1. The van der Waals surface area contributed by atoms with Gasteiger partial charge >= 0.3 is 0 Å². The van der Waals surface area contributed by atoms with Crippen LogP contribution in [0.5, 0.6) is 5.75 Å². The lowest BCUT2D eigenvalue weighted by Gasteiger charge is -2.26. The van der Waals surface area contributed by atoms with Gasteiger partial charge in [0.25, 0.3) is 0 Å². The van der Waals surface area contributed by atoms with Crippen LogP contribution in [0.25, 0.3) is 0 Å². The van der Waals surface area contributed by atoms with E-state index in [-0.39, 0.29) is 30.6 Å². The van der Waals surface area contributed by atoms with Crippen molar-refractivity contribution in [2.75, 3.05) is 26.2 Å². The quantitative estimate of drug-likeness (QED) is 0.634. The van der Waals surface area contributed by atoms with Gasteiger partial charge in [-0.2, -0.15) is 0 Å². The Balaban J connectivity index is 1.47. The lowest BCUT2D eigenvalue weighted by molar-refractivity contribution is -0.121. The van der Waals surface area contributed by atoms with Gasteiger partial charge in [-0.25, -0.2) is 0 Å². The Kier molecular flexibility index (Phi) is 7.25. The van der Waals surface area contributed by atoms with Crippen LogP contribution in [-0.4, -0.2) is 42.8 Å². The molecule has 0 aliphatic carbocycles. The van der Waals surface area contributed by atoms with Crippen molar-refractivity contribution in [3.63, 3.8) is 0 Å². The topological polar surface area (TPSA) is 71.8 Å². The molecule has 1 aliphatic heterocycles. The molecule has 2 aromatic rings. The fraction of sp³-hybridized carbons (Fsp3) is 0.455. The average molecular weight is 384 g/mol. The second kappa shape index (κ2) is 10.1. The Labute approximate surface area is 165 Å². The van der Waals surface area contributed by atoms with Crippen molar-refractivity contribution in [3.05, 3.63) is 54.0 Å². The molecule has 6 heteroatoms. The van der Waals surface area contributed by atoms with Crippen LogP contribution in [0.3, 0.4) is 0 Å². The Morgan fingerprint density at radius 1 is 1.14 bits per heavy atom. The van der Waals surface area contributed by atoms with Crippen molar-refractivity contribution in [2.45, 2.75) is 38.6 Å². The van der Waals surface area contributed by atoms with Crippen LogP contribution in [0, 0.1) is 0 Å². The number of carbonyl (C=O) groups excluding carboxylic acids is 2. The zero-order valence-electron chi connectivity index (χ0n) is 16.4. The number of benzene rings is 1. The van der Waals surface area contributed by atoms with Crippen LogP contribution in [0.15, 0.2) is 47.1 Å². The molecule has 0 radical (unpaired) electrons. The summed E-state index contributed by atoms with van der Waals surface area (Å²) in [7, 11) is 0. The highest BCUT2D eigenvalue weighted by Crippen LogP contribution is 2.25. The number of hydrogen-bond acceptors (Lipinski definition) is 5. The molecule has 150 valence electrons. The van der Waals surface area contributed by atoms with Gasteiger partial charge in [0.15, 0.2) is 5.78 Å². The van der Waals surface area contributed by atoms with Gasteiger partial charge in [0, 0.05) is 24.9 Å². The maximum atomic E-state index is 12.3. The fourth-order valence-corrected chi connectivity index (χ4v) is 3.52. The Hall–Kier alpha value is -2.60. The summed E-state index contributed by atoms with van der Waals surface area (Å²) in [6, 6.07) is 10.9. The Bertz CT molecular complexity index is 749. The third-order valence-electron chi connectivity index (χ3n) is 5.01. The first kappa shape index (κ1) is 20.1. The summed E-state index contributed by atoms with van der Waals surface area (Å²) in [6.07, 6.45) is 4.37. The van der Waals surface area contributed by atoms with Crippen LogP contribution in [0.4, 0.5) is 0 Å². The summed E-state index contributed by atoms with van der Waals surface area (Å²) in [5.41, 5.74) is 0.599. The van der Waals surface area contributed by atoms with E-state index < -0.39 is 0 Å². The zero-order chi connectivity index (χ0) is 19.8. The Morgan fingerprint density at radius 2 is 1.89 bits per heavy atom. The number of nitrogens with one attached hydrogen (secondary N) is 1. The molecule has 1 atom stereocenters. The van der Waals surface area contributed by atoms with Gasteiger partial charge in [0.1, 0.15) is 11.5 Å².